The van der Waals surface area contributed by atoms with Crippen LogP contribution in [0.2, 0.25) is 0 Å². The summed E-state index contributed by atoms with van der Waals surface area (Å²) in [5.74, 6) is 7.57. The molecule has 1 nitrogen and oxygen atoms in total. The van der Waals surface area contributed by atoms with Gasteiger partial charge in [-0.05, 0) is 48.9 Å². The molecular weight excluding hydrogens is 371 g/mol. The molecule has 0 amide bonds. The van der Waals surface area contributed by atoms with Crippen molar-refractivity contribution in [3.8, 4) is 17.6 Å². The first kappa shape index (κ1) is 19.0. The molecule has 0 unspecified atom stereocenters. The molecule has 140 valence electrons. The minimum atomic E-state index is -0.678. The Hall–Kier alpha value is -3.33. The molecule has 2 heteroatoms. The van der Waals surface area contributed by atoms with E-state index >= 15 is 0 Å². The minimum Gasteiger partial charge on any atom is -0.497 e. The fourth-order valence-electron chi connectivity index (χ4n) is 3.17. The fraction of sp³-hybridized carbons (Fsp3) is 0.0370. The third-order valence-electron chi connectivity index (χ3n) is 4.61. The Kier molecular flexibility index (Phi) is 6.06. The highest BCUT2D eigenvalue weighted by atomic mass is 31.1. The van der Waals surface area contributed by atoms with Gasteiger partial charge in [0, 0.05) is 16.4 Å². The van der Waals surface area contributed by atoms with Gasteiger partial charge >= 0.3 is 0 Å². The number of rotatable bonds is 4. The molecule has 0 N–H and O–H groups in total. The third kappa shape index (κ3) is 4.57. The molecule has 0 saturated heterocycles. The van der Waals surface area contributed by atoms with Crippen LogP contribution in [0.4, 0.5) is 0 Å². The zero-order valence-electron chi connectivity index (χ0n) is 16.2. The Labute approximate surface area is 173 Å². The van der Waals surface area contributed by atoms with Gasteiger partial charge in [-0.15, -0.1) is 0 Å². The van der Waals surface area contributed by atoms with E-state index < -0.39 is 7.92 Å². The summed E-state index contributed by atoms with van der Waals surface area (Å²) >= 11 is 0. The Bertz CT molecular complexity index is 1080. The van der Waals surface area contributed by atoms with Gasteiger partial charge in [0.25, 0.3) is 0 Å². The van der Waals surface area contributed by atoms with Gasteiger partial charge < -0.3 is 4.74 Å². The van der Waals surface area contributed by atoms with Gasteiger partial charge in [0.15, 0.2) is 0 Å². The van der Waals surface area contributed by atoms with Crippen LogP contribution in [0.15, 0.2) is 109 Å². The van der Waals surface area contributed by atoms with Crippen LogP contribution >= 0.6 is 7.92 Å². The monoisotopic (exact) mass is 392 g/mol. The van der Waals surface area contributed by atoms with Crippen molar-refractivity contribution >= 4 is 23.8 Å². The average molecular weight is 392 g/mol. The van der Waals surface area contributed by atoms with Crippen LogP contribution in [0, 0.1) is 11.8 Å². The molecule has 0 aliphatic carbocycles. The number of hydrogen-bond acceptors (Lipinski definition) is 1. The smallest absolute Gasteiger partial charge is 0.118 e. The maximum absolute atomic E-state index is 5.23. The largest absolute Gasteiger partial charge is 0.497 e. The summed E-state index contributed by atoms with van der Waals surface area (Å²) in [6.07, 6.45) is 0. The number of ether oxygens (including phenoxy) is 1. The van der Waals surface area contributed by atoms with Crippen LogP contribution in [0.25, 0.3) is 0 Å². The van der Waals surface area contributed by atoms with E-state index in [4.69, 9.17) is 4.74 Å². The highest BCUT2D eigenvalue weighted by molar-refractivity contribution is 7.79. The molecule has 0 radical (unpaired) electrons. The van der Waals surface area contributed by atoms with Crippen molar-refractivity contribution in [2.24, 2.45) is 0 Å². The van der Waals surface area contributed by atoms with E-state index in [9.17, 15) is 0 Å². The fourth-order valence-corrected chi connectivity index (χ4v) is 5.57. The molecule has 0 saturated carbocycles. The molecule has 29 heavy (non-hydrogen) atoms. The summed E-state index contributed by atoms with van der Waals surface area (Å²) in [5.41, 5.74) is 2.05. The zero-order chi connectivity index (χ0) is 19.9. The summed E-state index contributed by atoms with van der Waals surface area (Å²) in [7, 11) is 0.995. The predicted molar refractivity (Wildman–Crippen MR) is 124 cm³/mol. The summed E-state index contributed by atoms with van der Waals surface area (Å²) in [6.45, 7) is 0. The van der Waals surface area contributed by atoms with Gasteiger partial charge in [-0.25, -0.2) is 0 Å². The maximum atomic E-state index is 5.23. The quantitative estimate of drug-likeness (QED) is 0.356. The van der Waals surface area contributed by atoms with E-state index in [0.29, 0.717) is 0 Å². The average Bonchev–Trinajstić information content (AvgIpc) is 2.80. The first-order valence-corrected chi connectivity index (χ1v) is 10.8. The second-order valence-corrected chi connectivity index (χ2v) is 8.69. The van der Waals surface area contributed by atoms with Crippen LogP contribution in [0.5, 0.6) is 5.75 Å². The molecule has 0 aliphatic rings. The van der Waals surface area contributed by atoms with Gasteiger partial charge in [0.1, 0.15) is 5.75 Å². The molecule has 4 aromatic rings. The molecule has 0 aromatic heterocycles. The summed E-state index contributed by atoms with van der Waals surface area (Å²) in [6, 6.07) is 37.8. The molecule has 0 bridgehead atoms. The van der Waals surface area contributed by atoms with Crippen LogP contribution in [0.3, 0.4) is 0 Å². The third-order valence-corrected chi connectivity index (χ3v) is 7.11. The Balaban J connectivity index is 1.78. The normalized spacial score (nSPS) is 10.3. The Morgan fingerprint density at radius 2 is 1.14 bits per heavy atom. The molecule has 4 aromatic carbocycles. The van der Waals surface area contributed by atoms with Crippen molar-refractivity contribution < 1.29 is 4.74 Å². The first-order chi connectivity index (χ1) is 14.3. The lowest BCUT2D eigenvalue weighted by Gasteiger charge is -2.20. The molecular formula is C27H21OP. The van der Waals surface area contributed by atoms with E-state index in [-0.39, 0.29) is 0 Å². The van der Waals surface area contributed by atoms with Crippen molar-refractivity contribution in [1.82, 2.24) is 0 Å². The van der Waals surface area contributed by atoms with Crippen molar-refractivity contribution in [3.63, 3.8) is 0 Å². The van der Waals surface area contributed by atoms with E-state index in [2.05, 4.69) is 96.8 Å². The highest BCUT2D eigenvalue weighted by Gasteiger charge is 2.18. The van der Waals surface area contributed by atoms with Gasteiger partial charge in [-0.1, -0.05) is 90.7 Å². The van der Waals surface area contributed by atoms with Gasteiger partial charge in [-0.2, -0.15) is 0 Å². The van der Waals surface area contributed by atoms with Crippen molar-refractivity contribution in [2.45, 2.75) is 0 Å². The zero-order valence-corrected chi connectivity index (χ0v) is 17.1. The topological polar surface area (TPSA) is 9.23 Å². The van der Waals surface area contributed by atoms with Crippen molar-refractivity contribution in [2.75, 3.05) is 7.11 Å². The molecule has 0 atom stereocenters. The molecule has 0 heterocycles. The Morgan fingerprint density at radius 3 is 1.72 bits per heavy atom. The van der Waals surface area contributed by atoms with E-state index in [1.807, 2.05) is 24.3 Å². The van der Waals surface area contributed by atoms with Crippen LogP contribution < -0.4 is 20.7 Å². The second kappa shape index (κ2) is 9.24. The lowest BCUT2D eigenvalue weighted by molar-refractivity contribution is 0.415. The Morgan fingerprint density at radius 1 is 0.586 bits per heavy atom. The van der Waals surface area contributed by atoms with Crippen LogP contribution in [-0.4, -0.2) is 7.11 Å². The van der Waals surface area contributed by atoms with Gasteiger partial charge in [-0.3, -0.25) is 0 Å². The van der Waals surface area contributed by atoms with E-state index in [0.717, 1.165) is 16.9 Å². The summed E-state index contributed by atoms with van der Waals surface area (Å²) in [5, 5.41) is 3.93. The van der Waals surface area contributed by atoms with E-state index in [1.165, 1.54) is 15.9 Å². The number of benzene rings is 4. The SMILES string of the molecule is COc1ccc(C#Cc2ccccc2P(c2ccccc2)c2ccccc2)cc1. The number of hydrogen-bond donors (Lipinski definition) is 0. The summed E-state index contributed by atoms with van der Waals surface area (Å²) < 4.78 is 5.23. The maximum Gasteiger partial charge on any atom is 0.118 e. The molecule has 0 aliphatic heterocycles. The molecule has 4 rings (SSSR count). The predicted octanol–water partition coefficient (Wildman–Crippen LogP) is 4.85. The summed E-state index contributed by atoms with van der Waals surface area (Å²) in [4.78, 5) is 0. The second-order valence-electron chi connectivity index (χ2n) is 6.50. The van der Waals surface area contributed by atoms with E-state index in [1.54, 1.807) is 7.11 Å². The standard InChI is InChI=1S/C27H21OP/c1-28-24-20-17-22(18-21-24)16-19-23-10-8-9-15-27(23)29(25-11-4-2-5-12-25)26-13-6-3-7-14-26/h2-15,17-18,20-21H,1H3. The highest BCUT2D eigenvalue weighted by Crippen LogP contribution is 2.33. The molecule has 0 spiro atoms. The van der Waals surface area contributed by atoms with Crippen LogP contribution in [-0.2, 0) is 0 Å². The minimum absolute atomic E-state index is 0.678. The van der Waals surface area contributed by atoms with Crippen molar-refractivity contribution in [1.29, 1.82) is 0 Å². The first-order valence-electron chi connectivity index (χ1n) is 9.50. The van der Waals surface area contributed by atoms with Crippen LogP contribution in [0.1, 0.15) is 11.1 Å². The molecule has 0 fully saturated rings. The van der Waals surface area contributed by atoms with Crippen molar-refractivity contribution in [3.05, 3.63) is 120 Å². The van der Waals surface area contributed by atoms with Gasteiger partial charge in [0.05, 0.1) is 7.11 Å². The lowest BCUT2D eigenvalue weighted by Crippen LogP contribution is -2.22. The lowest BCUT2D eigenvalue weighted by atomic mass is 10.2. The van der Waals surface area contributed by atoms with Gasteiger partial charge in [0.2, 0.25) is 0 Å². The number of methoxy groups -OCH3 is 1.